The smallest absolute Gasteiger partial charge is 0.272 e. The van der Waals surface area contributed by atoms with Crippen molar-refractivity contribution in [1.29, 1.82) is 0 Å². The van der Waals surface area contributed by atoms with Gasteiger partial charge in [-0.2, -0.15) is 5.10 Å². The van der Waals surface area contributed by atoms with E-state index in [2.05, 4.69) is 10.4 Å². The maximum atomic E-state index is 13.3. The lowest BCUT2D eigenvalue weighted by Gasteiger charge is -2.40. The molecule has 6 heteroatoms. The molecule has 1 unspecified atom stereocenters. The second-order valence-electron chi connectivity index (χ2n) is 8.95. The number of piperidine rings is 1. The van der Waals surface area contributed by atoms with Crippen molar-refractivity contribution in [3.05, 3.63) is 17.0 Å². The van der Waals surface area contributed by atoms with E-state index in [0.29, 0.717) is 12.6 Å². The second kappa shape index (κ2) is 7.28. The Hall–Kier alpha value is -1.85. The molecular weight excluding hydrogens is 340 g/mol. The number of aryl methyl sites for hydroxylation is 2. The van der Waals surface area contributed by atoms with Crippen LogP contribution in [0.4, 0.5) is 0 Å². The molecule has 0 spiro atoms. The molecule has 27 heavy (non-hydrogen) atoms. The summed E-state index contributed by atoms with van der Waals surface area (Å²) >= 11 is 0. The number of carbonyl (C=O) groups excluding carboxylic acids is 2. The molecule has 3 aliphatic rings. The topological polar surface area (TPSA) is 67.2 Å². The third kappa shape index (κ3) is 3.50. The molecule has 148 valence electrons. The number of fused-ring (bicyclic) bond motifs is 1. The van der Waals surface area contributed by atoms with Crippen molar-refractivity contribution in [3.63, 3.8) is 0 Å². The predicted octanol–water partition coefficient (Wildman–Crippen LogP) is 2.60. The van der Waals surface area contributed by atoms with E-state index in [1.54, 1.807) is 4.68 Å². The summed E-state index contributed by atoms with van der Waals surface area (Å²) in [5, 5.41) is 7.85. The van der Waals surface area contributed by atoms with Crippen molar-refractivity contribution < 1.29 is 9.59 Å². The summed E-state index contributed by atoms with van der Waals surface area (Å²) in [5.41, 5.74) is 2.47. The van der Waals surface area contributed by atoms with Crippen molar-refractivity contribution in [3.8, 4) is 0 Å². The van der Waals surface area contributed by atoms with Crippen LogP contribution >= 0.6 is 0 Å². The molecule has 2 fully saturated rings. The Balaban J connectivity index is 1.50. The molecule has 6 nitrogen and oxygen atoms in total. The van der Waals surface area contributed by atoms with E-state index in [-0.39, 0.29) is 11.8 Å². The summed E-state index contributed by atoms with van der Waals surface area (Å²) in [6.07, 6.45) is 10.5. The van der Waals surface area contributed by atoms with E-state index >= 15 is 0 Å². The maximum absolute atomic E-state index is 13.3. The third-order valence-corrected chi connectivity index (χ3v) is 6.74. The zero-order chi connectivity index (χ0) is 19.0. The molecule has 0 bridgehead atoms. The Bertz CT molecular complexity index is 735. The summed E-state index contributed by atoms with van der Waals surface area (Å²) in [6.45, 7) is 3.25. The highest BCUT2D eigenvalue weighted by Gasteiger charge is 2.41. The van der Waals surface area contributed by atoms with Crippen LogP contribution in [0.25, 0.3) is 0 Å². The fraction of sp³-hybridized carbons (Fsp3) is 0.762. The van der Waals surface area contributed by atoms with E-state index in [9.17, 15) is 9.59 Å². The number of likely N-dealkylation sites (tertiary alicyclic amines) is 1. The molecule has 0 radical (unpaired) electrons. The molecule has 1 saturated heterocycles. The van der Waals surface area contributed by atoms with E-state index < -0.39 is 5.41 Å². The summed E-state index contributed by atoms with van der Waals surface area (Å²) < 4.78 is 1.77. The number of carbonyl (C=O) groups is 2. The van der Waals surface area contributed by atoms with Crippen LogP contribution in [-0.4, -0.2) is 45.6 Å². The van der Waals surface area contributed by atoms with Crippen LogP contribution in [0.2, 0.25) is 0 Å². The van der Waals surface area contributed by atoms with Crippen molar-refractivity contribution >= 4 is 11.8 Å². The van der Waals surface area contributed by atoms with E-state index in [4.69, 9.17) is 0 Å². The van der Waals surface area contributed by atoms with Gasteiger partial charge in [0.05, 0.1) is 11.1 Å². The zero-order valence-electron chi connectivity index (χ0n) is 16.7. The van der Waals surface area contributed by atoms with Crippen LogP contribution in [0.1, 0.15) is 80.0 Å². The third-order valence-electron chi connectivity index (χ3n) is 6.74. The number of nitrogens with zero attached hydrogens (tertiary/aromatic N) is 3. The molecule has 0 aromatic carbocycles. The Kier molecular flexibility index (Phi) is 4.99. The summed E-state index contributed by atoms with van der Waals surface area (Å²) in [4.78, 5) is 28.2. The van der Waals surface area contributed by atoms with Gasteiger partial charge in [0, 0.05) is 31.7 Å². The van der Waals surface area contributed by atoms with Gasteiger partial charge < -0.3 is 10.2 Å². The quantitative estimate of drug-likeness (QED) is 0.887. The van der Waals surface area contributed by atoms with Gasteiger partial charge in [-0.05, 0) is 58.3 Å². The number of aromatic nitrogens is 2. The van der Waals surface area contributed by atoms with Crippen molar-refractivity contribution in [2.45, 2.75) is 77.2 Å². The maximum Gasteiger partial charge on any atom is 0.272 e. The minimum Gasteiger partial charge on any atom is -0.353 e. The predicted molar refractivity (Wildman–Crippen MR) is 103 cm³/mol. The second-order valence-corrected chi connectivity index (χ2v) is 8.95. The molecule has 1 N–H and O–H groups in total. The number of hydrogen-bond acceptors (Lipinski definition) is 3. The van der Waals surface area contributed by atoms with Gasteiger partial charge in [0.1, 0.15) is 5.69 Å². The SMILES string of the molecule is Cn1nc2c(c1C(=O)N1CCCC(C)(C(=O)NC3CCCC3)C1)CCCC2. The average molecular weight is 373 g/mol. The van der Waals surface area contributed by atoms with Crippen LogP contribution in [0, 0.1) is 5.41 Å². The lowest BCUT2D eigenvalue weighted by atomic mass is 9.80. The highest BCUT2D eigenvalue weighted by Crippen LogP contribution is 2.33. The normalized spacial score (nSPS) is 26.1. The lowest BCUT2D eigenvalue weighted by molar-refractivity contribution is -0.133. The Labute approximate surface area is 161 Å². The Morgan fingerprint density at radius 2 is 1.85 bits per heavy atom. The van der Waals surface area contributed by atoms with Crippen LogP contribution in [-0.2, 0) is 24.7 Å². The van der Waals surface area contributed by atoms with Gasteiger partial charge in [0.2, 0.25) is 5.91 Å². The molecular formula is C21H32N4O2. The first-order valence-electron chi connectivity index (χ1n) is 10.6. The standard InChI is InChI=1S/C21H32N4O2/c1-21(20(27)22-15-8-3-4-9-15)12-7-13-25(14-21)19(26)18-16-10-5-6-11-17(16)23-24(18)2/h15H,3-14H2,1-2H3,(H,22,27). The molecule has 1 aromatic rings. The largest absolute Gasteiger partial charge is 0.353 e. The van der Waals surface area contributed by atoms with Crippen LogP contribution in [0.5, 0.6) is 0 Å². The van der Waals surface area contributed by atoms with Gasteiger partial charge in [-0.1, -0.05) is 12.8 Å². The van der Waals surface area contributed by atoms with Crippen molar-refractivity contribution in [1.82, 2.24) is 20.0 Å². The summed E-state index contributed by atoms with van der Waals surface area (Å²) in [6, 6.07) is 0.324. The molecule has 1 aromatic heterocycles. The van der Waals surface area contributed by atoms with Crippen LogP contribution in [0.15, 0.2) is 0 Å². The lowest BCUT2D eigenvalue weighted by Crippen LogP contribution is -2.53. The Morgan fingerprint density at radius 1 is 1.11 bits per heavy atom. The van der Waals surface area contributed by atoms with Gasteiger partial charge in [-0.15, -0.1) is 0 Å². The van der Waals surface area contributed by atoms with Crippen LogP contribution < -0.4 is 5.32 Å². The number of amides is 2. The van der Waals surface area contributed by atoms with Crippen molar-refractivity contribution in [2.24, 2.45) is 12.5 Å². The van der Waals surface area contributed by atoms with E-state index in [0.717, 1.165) is 74.9 Å². The number of hydrogen-bond donors (Lipinski definition) is 1. The zero-order valence-corrected chi connectivity index (χ0v) is 16.7. The molecule has 1 aliphatic heterocycles. The minimum absolute atomic E-state index is 0.0488. The molecule has 1 atom stereocenters. The highest BCUT2D eigenvalue weighted by molar-refractivity contribution is 5.95. The molecule has 2 heterocycles. The van der Waals surface area contributed by atoms with Gasteiger partial charge >= 0.3 is 0 Å². The molecule has 1 saturated carbocycles. The first kappa shape index (κ1) is 18.5. The van der Waals surface area contributed by atoms with Crippen LogP contribution in [0.3, 0.4) is 0 Å². The Morgan fingerprint density at radius 3 is 2.63 bits per heavy atom. The summed E-state index contributed by atoms with van der Waals surface area (Å²) in [7, 11) is 1.88. The number of rotatable bonds is 3. The number of nitrogens with one attached hydrogen (secondary N) is 1. The highest BCUT2D eigenvalue weighted by atomic mass is 16.2. The van der Waals surface area contributed by atoms with Gasteiger partial charge in [-0.25, -0.2) is 0 Å². The molecule has 2 aliphatic carbocycles. The monoisotopic (exact) mass is 372 g/mol. The average Bonchev–Trinajstić information content (AvgIpc) is 3.27. The van der Waals surface area contributed by atoms with Gasteiger partial charge in [0.25, 0.3) is 5.91 Å². The first-order chi connectivity index (χ1) is 13.0. The minimum atomic E-state index is -0.491. The van der Waals surface area contributed by atoms with Crippen molar-refractivity contribution in [2.75, 3.05) is 13.1 Å². The fourth-order valence-electron chi connectivity index (χ4n) is 5.13. The van der Waals surface area contributed by atoms with E-state index in [1.807, 2.05) is 18.9 Å². The molecule has 4 rings (SSSR count). The fourth-order valence-corrected chi connectivity index (χ4v) is 5.13. The first-order valence-corrected chi connectivity index (χ1v) is 10.6. The molecule has 2 amide bonds. The summed E-state index contributed by atoms with van der Waals surface area (Å²) in [5.74, 6) is 0.173. The van der Waals surface area contributed by atoms with E-state index in [1.165, 1.54) is 12.8 Å². The van der Waals surface area contributed by atoms with Gasteiger partial charge in [-0.3, -0.25) is 14.3 Å². The van der Waals surface area contributed by atoms with Gasteiger partial charge in [0.15, 0.2) is 0 Å².